The third-order valence-electron chi connectivity index (χ3n) is 4.36. The first kappa shape index (κ1) is 15.6. The summed E-state index contributed by atoms with van der Waals surface area (Å²) in [4.78, 5) is 16.8. The largest absolute Gasteiger partial charge is 0.381 e. The molecule has 4 rings (SSSR count). The molecule has 1 amide bonds. The average molecular weight is 347 g/mol. The van der Waals surface area contributed by atoms with Gasteiger partial charge >= 0.3 is 0 Å². The van der Waals surface area contributed by atoms with Crippen LogP contribution in [0.2, 0.25) is 0 Å². The molecule has 1 aliphatic carbocycles. The molecule has 0 aromatic carbocycles. The first-order chi connectivity index (χ1) is 11.7. The van der Waals surface area contributed by atoms with Gasteiger partial charge in [0.15, 0.2) is 5.13 Å². The van der Waals surface area contributed by atoms with Crippen LogP contribution in [-0.2, 0) is 11.8 Å². The molecule has 0 spiro atoms. The number of hydrogen-bond donors (Lipinski definition) is 2. The van der Waals surface area contributed by atoms with Gasteiger partial charge in [-0.15, -0.1) is 11.3 Å². The van der Waals surface area contributed by atoms with Crippen LogP contribution in [0.3, 0.4) is 0 Å². The van der Waals surface area contributed by atoms with Gasteiger partial charge in [0.2, 0.25) is 0 Å². The summed E-state index contributed by atoms with van der Waals surface area (Å²) >= 11 is 1.47. The van der Waals surface area contributed by atoms with Crippen LogP contribution in [0.1, 0.15) is 47.8 Å². The van der Waals surface area contributed by atoms with Gasteiger partial charge in [-0.2, -0.15) is 5.10 Å². The summed E-state index contributed by atoms with van der Waals surface area (Å²) in [5.41, 5.74) is 1.41. The van der Waals surface area contributed by atoms with E-state index in [1.54, 1.807) is 10.1 Å². The minimum absolute atomic E-state index is 0.204. The fraction of sp³-hybridized carbons (Fsp3) is 0.562. The van der Waals surface area contributed by atoms with Crippen LogP contribution in [0, 0.1) is 0 Å². The second-order valence-electron chi connectivity index (χ2n) is 6.40. The highest BCUT2D eigenvalue weighted by Gasteiger charge is 2.23. The third-order valence-corrected chi connectivity index (χ3v) is 5.13. The van der Waals surface area contributed by atoms with E-state index in [4.69, 9.17) is 4.74 Å². The highest BCUT2D eigenvalue weighted by atomic mass is 32.1. The van der Waals surface area contributed by atoms with Crippen LogP contribution >= 0.6 is 11.3 Å². The number of thiazole rings is 1. The van der Waals surface area contributed by atoms with Gasteiger partial charge in [-0.05, 0) is 25.7 Å². The molecule has 7 nitrogen and oxygen atoms in total. The van der Waals surface area contributed by atoms with Crippen LogP contribution in [0.25, 0.3) is 0 Å². The van der Waals surface area contributed by atoms with E-state index in [-0.39, 0.29) is 5.91 Å². The molecule has 1 atom stereocenters. The second kappa shape index (κ2) is 6.52. The summed E-state index contributed by atoms with van der Waals surface area (Å²) in [5, 5.41) is 13.3. The molecule has 3 heterocycles. The second-order valence-corrected chi connectivity index (χ2v) is 7.26. The molecule has 0 radical (unpaired) electrons. The monoisotopic (exact) mass is 347 g/mol. The summed E-state index contributed by atoms with van der Waals surface area (Å²) < 4.78 is 7.23. The highest BCUT2D eigenvalue weighted by Crippen LogP contribution is 2.28. The lowest BCUT2D eigenvalue weighted by molar-refractivity contribution is 0.0791. The molecule has 1 unspecified atom stereocenters. The first-order valence-electron chi connectivity index (χ1n) is 8.34. The number of ether oxygens (including phenoxy) is 1. The number of rotatable bonds is 5. The number of hydrogen-bond acceptors (Lipinski definition) is 6. The Hall–Kier alpha value is -1.93. The Bertz CT molecular complexity index is 731. The Labute approximate surface area is 144 Å². The van der Waals surface area contributed by atoms with Crippen molar-refractivity contribution in [1.29, 1.82) is 0 Å². The number of carbonyl (C=O) groups is 1. The number of aromatic nitrogens is 3. The molecule has 24 heavy (non-hydrogen) atoms. The summed E-state index contributed by atoms with van der Waals surface area (Å²) in [7, 11) is 1.84. The van der Waals surface area contributed by atoms with E-state index in [1.165, 1.54) is 24.2 Å². The molecule has 1 saturated carbocycles. The zero-order chi connectivity index (χ0) is 16.5. The maximum Gasteiger partial charge on any atom is 0.276 e. The van der Waals surface area contributed by atoms with Crippen molar-refractivity contribution in [2.45, 2.75) is 37.6 Å². The molecular weight excluding hydrogens is 326 g/mol. The zero-order valence-corrected chi connectivity index (χ0v) is 14.4. The van der Waals surface area contributed by atoms with Crippen LogP contribution < -0.4 is 10.6 Å². The fourth-order valence-electron chi connectivity index (χ4n) is 2.81. The number of amides is 1. The van der Waals surface area contributed by atoms with E-state index in [2.05, 4.69) is 20.7 Å². The van der Waals surface area contributed by atoms with Gasteiger partial charge in [-0.25, -0.2) is 4.98 Å². The average Bonchev–Trinajstić information content (AvgIpc) is 3.15. The lowest BCUT2D eigenvalue weighted by atomic mass is 9.99. The van der Waals surface area contributed by atoms with Gasteiger partial charge in [0.1, 0.15) is 11.5 Å². The van der Waals surface area contributed by atoms with Crippen molar-refractivity contribution < 1.29 is 9.53 Å². The van der Waals surface area contributed by atoms with Crippen molar-refractivity contribution in [3.63, 3.8) is 0 Å². The molecule has 2 N–H and O–H groups in total. The molecule has 2 aliphatic rings. The SMILES string of the molecule is Cn1nc(C2CCCOC2)cc1NC(=O)c1csc(NC2CC2)n1. The van der Waals surface area contributed by atoms with E-state index in [9.17, 15) is 4.79 Å². The smallest absolute Gasteiger partial charge is 0.276 e. The summed E-state index contributed by atoms with van der Waals surface area (Å²) in [6, 6.07) is 2.47. The maximum absolute atomic E-state index is 12.4. The number of anilines is 2. The van der Waals surface area contributed by atoms with E-state index >= 15 is 0 Å². The molecule has 2 fully saturated rings. The van der Waals surface area contributed by atoms with Gasteiger partial charge in [-0.1, -0.05) is 0 Å². The minimum Gasteiger partial charge on any atom is -0.381 e. The van der Waals surface area contributed by atoms with Crippen molar-refractivity contribution in [1.82, 2.24) is 14.8 Å². The molecule has 8 heteroatoms. The van der Waals surface area contributed by atoms with Gasteiger partial charge in [0, 0.05) is 37.1 Å². The van der Waals surface area contributed by atoms with Crippen molar-refractivity contribution >= 4 is 28.2 Å². The molecule has 128 valence electrons. The number of nitrogens with zero attached hydrogens (tertiary/aromatic N) is 3. The van der Waals surface area contributed by atoms with E-state index in [0.29, 0.717) is 30.1 Å². The Morgan fingerprint density at radius 3 is 3.04 bits per heavy atom. The summed E-state index contributed by atoms with van der Waals surface area (Å²) in [6.07, 6.45) is 4.50. The quantitative estimate of drug-likeness (QED) is 0.869. The molecule has 2 aromatic heterocycles. The third kappa shape index (κ3) is 3.44. The van der Waals surface area contributed by atoms with Crippen molar-refractivity contribution in [3.05, 3.63) is 22.8 Å². The van der Waals surface area contributed by atoms with Crippen molar-refractivity contribution in [3.8, 4) is 0 Å². The van der Waals surface area contributed by atoms with Crippen LogP contribution in [0.4, 0.5) is 10.9 Å². The molecule has 1 saturated heterocycles. The lowest BCUT2D eigenvalue weighted by Gasteiger charge is -2.19. The Kier molecular flexibility index (Phi) is 4.24. The lowest BCUT2D eigenvalue weighted by Crippen LogP contribution is -2.16. The predicted octanol–water partition coefficient (Wildman–Crippen LogP) is 2.60. The predicted molar refractivity (Wildman–Crippen MR) is 92.7 cm³/mol. The number of carbonyl (C=O) groups excluding carboxylic acids is 1. The van der Waals surface area contributed by atoms with Crippen molar-refractivity contribution in [2.75, 3.05) is 23.8 Å². The Morgan fingerprint density at radius 1 is 1.42 bits per heavy atom. The van der Waals surface area contributed by atoms with E-state index in [1.807, 2.05) is 13.1 Å². The topological polar surface area (TPSA) is 81.1 Å². The van der Waals surface area contributed by atoms with Gasteiger partial charge in [0.25, 0.3) is 5.91 Å². The number of aryl methyl sites for hydroxylation is 1. The van der Waals surface area contributed by atoms with Crippen LogP contribution in [0.5, 0.6) is 0 Å². The molecule has 2 aromatic rings. The van der Waals surface area contributed by atoms with Gasteiger partial charge in [0.05, 0.1) is 12.3 Å². The molecular formula is C16H21N5O2S. The highest BCUT2D eigenvalue weighted by molar-refractivity contribution is 7.13. The maximum atomic E-state index is 12.4. The van der Waals surface area contributed by atoms with E-state index in [0.717, 1.165) is 30.3 Å². The van der Waals surface area contributed by atoms with Gasteiger partial charge < -0.3 is 15.4 Å². The summed E-state index contributed by atoms with van der Waals surface area (Å²) in [6.45, 7) is 1.53. The van der Waals surface area contributed by atoms with Crippen molar-refractivity contribution in [2.24, 2.45) is 7.05 Å². The zero-order valence-electron chi connectivity index (χ0n) is 13.6. The fourth-order valence-corrected chi connectivity index (χ4v) is 3.58. The first-order valence-corrected chi connectivity index (χ1v) is 9.22. The molecule has 0 bridgehead atoms. The minimum atomic E-state index is -0.204. The van der Waals surface area contributed by atoms with Crippen LogP contribution in [0.15, 0.2) is 11.4 Å². The van der Waals surface area contributed by atoms with Crippen LogP contribution in [-0.4, -0.2) is 39.9 Å². The Morgan fingerprint density at radius 2 is 2.29 bits per heavy atom. The Balaban J connectivity index is 1.43. The summed E-state index contributed by atoms with van der Waals surface area (Å²) in [5.74, 6) is 0.791. The normalized spacial score (nSPS) is 20.8. The van der Waals surface area contributed by atoms with E-state index < -0.39 is 0 Å². The standard InChI is InChI=1S/C16H21N5O2S/c1-21-14(7-12(20-21)10-3-2-6-23-8-10)19-15(22)13-9-24-16(18-13)17-11-4-5-11/h7,9-11H,2-6,8H2,1H3,(H,17,18)(H,19,22). The van der Waals surface area contributed by atoms with Gasteiger partial charge in [-0.3, -0.25) is 9.48 Å². The molecule has 1 aliphatic heterocycles. The number of nitrogens with one attached hydrogen (secondary N) is 2.